The van der Waals surface area contributed by atoms with E-state index in [4.69, 9.17) is 0 Å². The highest BCUT2D eigenvalue weighted by atomic mass is 15.3. The van der Waals surface area contributed by atoms with E-state index in [1.165, 1.54) is 19.3 Å². The van der Waals surface area contributed by atoms with Gasteiger partial charge in [-0.1, -0.05) is 6.42 Å². The summed E-state index contributed by atoms with van der Waals surface area (Å²) in [5.74, 6) is 1.86. The van der Waals surface area contributed by atoms with Crippen LogP contribution in [0.4, 0.5) is 5.82 Å². The fourth-order valence-electron chi connectivity index (χ4n) is 3.55. The number of rotatable bonds is 3. The van der Waals surface area contributed by atoms with Gasteiger partial charge in [0.25, 0.3) is 0 Å². The van der Waals surface area contributed by atoms with Crippen molar-refractivity contribution in [2.75, 3.05) is 31.1 Å². The topological polar surface area (TPSA) is 50.1 Å². The Morgan fingerprint density at radius 1 is 0.957 bits per heavy atom. The van der Waals surface area contributed by atoms with Crippen LogP contribution in [-0.2, 0) is 0 Å². The maximum absolute atomic E-state index is 4.52. The van der Waals surface area contributed by atoms with Gasteiger partial charge in [0.2, 0.25) is 0 Å². The van der Waals surface area contributed by atoms with Crippen LogP contribution in [0.2, 0.25) is 0 Å². The Morgan fingerprint density at radius 2 is 1.70 bits per heavy atom. The van der Waals surface area contributed by atoms with E-state index in [0.717, 1.165) is 55.2 Å². The molecule has 1 aliphatic heterocycles. The third-order valence-corrected chi connectivity index (χ3v) is 5.09. The van der Waals surface area contributed by atoms with E-state index in [1.54, 1.807) is 6.33 Å². The van der Waals surface area contributed by atoms with Gasteiger partial charge >= 0.3 is 0 Å². The van der Waals surface area contributed by atoms with Gasteiger partial charge in [-0.25, -0.2) is 14.6 Å². The van der Waals surface area contributed by atoms with Crippen LogP contribution in [0, 0.1) is 13.8 Å². The molecule has 0 spiro atoms. The standard InChI is InChI=1S/C17H24N6/c1-13-10-14(2)23(20-13)17-11-16(18-12-19-17)22-8-6-21(7-9-22)15-4-3-5-15/h10-12,15H,3-9H2,1-2H3. The zero-order valence-electron chi connectivity index (χ0n) is 13.9. The molecule has 2 aliphatic rings. The number of nitrogens with zero attached hydrogens (tertiary/aromatic N) is 6. The van der Waals surface area contributed by atoms with Crippen molar-refractivity contribution in [1.29, 1.82) is 0 Å². The van der Waals surface area contributed by atoms with Gasteiger partial charge in [0.05, 0.1) is 5.69 Å². The van der Waals surface area contributed by atoms with E-state index in [-0.39, 0.29) is 0 Å². The molecule has 1 saturated carbocycles. The molecule has 0 radical (unpaired) electrons. The molecule has 1 aliphatic carbocycles. The van der Waals surface area contributed by atoms with Crippen molar-refractivity contribution in [2.45, 2.75) is 39.2 Å². The van der Waals surface area contributed by atoms with Gasteiger partial charge in [0.15, 0.2) is 5.82 Å². The molecule has 6 nitrogen and oxygen atoms in total. The number of aryl methyl sites for hydroxylation is 2. The van der Waals surface area contributed by atoms with Crippen LogP contribution < -0.4 is 4.90 Å². The first-order valence-corrected chi connectivity index (χ1v) is 8.55. The number of aromatic nitrogens is 4. The average Bonchev–Trinajstić information content (AvgIpc) is 2.85. The second kappa shape index (κ2) is 5.92. The van der Waals surface area contributed by atoms with Crippen LogP contribution in [0.25, 0.3) is 5.82 Å². The summed E-state index contributed by atoms with van der Waals surface area (Å²) in [7, 11) is 0. The summed E-state index contributed by atoms with van der Waals surface area (Å²) < 4.78 is 1.89. The number of hydrogen-bond donors (Lipinski definition) is 0. The van der Waals surface area contributed by atoms with Crippen LogP contribution in [-0.4, -0.2) is 56.9 Å². The molecule has 6 heteroatoms. The van der Waals surface area contributed by atoms with Gasteiger partial charge in [0.1, 0.15) is 12.1 Å². The van der Waals surface area contributed by atoms with Crippen molar-refractivity contribution in [2.24, 2.45) is 0 Å². The Hall–Kier alpha value is -1.95. The van der Waals surface area contributed by atoms with Gasteiger partial charge in [0, 0.05) is 44.0 Å². The summed E-state index contributed by atoms with van der Waals surface area (Å²) in [6.07, 6.45) is 5.83. The molecule has 0 aromatic carbocycles. The van der Waals surface area contributed by atoms with Crippen molar-refractivity contribution in [3.63, 3.8) is 0 Å². The molecule has 3 heterocycles. The summed E-state index contributed by atoms with van der Waals surface area (Å²) in [5, 5.41) is 4.52. The molecule has 0 atom stereocenters. The minimum Gasteiger partial charge on any atom is -0.354 e. The number of hydrogen-bond acceptors (Lipinski definition) is 5. The average molecular weight is 312 g/mol. The first-order chi connectivity index (χ1) is 11.2. The highest BCUT2D eigenvalue weighted by molar-refractivity contribution is 5.44. The lowest BCUT2D eigenvalue weighted by molar-refractivity contribution is 0.120. The van der Waals surface area contributed by atoms with Gasteiger partial charge in [-0.05, 0) is 32.8 Å². The molecule has 0 amide bonds. The summed E-state index contributed by atoms with van der Waals surface area (Å²) in [6.45, 7) is 8.44. The summed E-state index contributed by atoms with van der Waals surface area (Å²) in [6, 6.07) is 4.96. The van der Waals surface area contributed by atoms with Crippen molar-refractivity contribution >= 4 is 5.82 Å². The molecular weight excluding hydrogens is 288 g/mol. The van der Waals surface area contributed by atoms with Crippen LogP contribution >= 0.6 is 0 Å². The lowest BCUT2D eigenvalue weighted by Crippen LogP contribution is -2.52. The summed E-state index contributed by atoms with van der Waals surface area (Å²) >= 11 is 0. The van der Waals surface area contributed by atoms with Crippen LogP contribution in [0.3, 0.4) is 0 Å². The highest BCUT2D eigenvalue weighted by Gasteiger charge is 2.28. The first-order valence-electron chi connectivity index (χ1n) is 8.55. The van der Waals surface area contributed by atoms with Gasteiger partial charge < -0.3 is 4.90 Å². The maximum atomic E-state index is 4.52. The molecule has 2 aromatic heterocycles. The van der Waals surface area contributed by atoms with Gasteiger partial charge in [-0.3, -0.25) is 4.90 Å². The third kappa shape index (κ3) is 2.83. The smallest absolute Gasteiger partial charge is 0.159 e. The third-order valence-electron chi connectivity index (χ3n) is 5.09. The predicted octanol–water partition coefficient (Wildman–Crippen LogP) is 1.95. The van der Waals surface area contributed by atoms with Crippen molar-refractivity contribution in [1.82, 2.24) is 24.6 Å². The van der Waals surface area contributed by atoms with E-state index in [9.17, 15) is 0 Å². The molecule has 0 unspecified atom stereocenters. The fraction of sp³-hybridized carbons (Fsp3) is 0.588. The van der Waals surface area contributed by atoms with E-state index in [1.807, 2.05) is 11.6 Å². The second-order valence-electron chi connectivity index (χ2n) is 6.68. The molecule has 4 rings (SSSR count). The van der Waals surface area contributed by atoms with Crippen molar-refractivity contribution in [3.05, 3.63) is 29.8 Å². The van der Waals surface area contributed by atoms with Gasteiger partial charge in [-0.15, -0.1) is 0 Å². The lowest BCUT2D eigenvalue weighted by Gasteiger charge is -2.43. The molecule has 2 aromatic rings. The monoisotopic (exact) mass is 312 g/mol. The Balaban J connectivity index is 1.49. The number of anilines is 1. The van der Waals surface area contributed by atoms with E-state index >= 15 is 0 Å². The zero-order chi connectivity index (χ0) is 15.8. The molecule has 122 valence electrons. The molecule has 2 fully saturated rings. The quantitative estimate of drug-likeness (QED) is 0.867. The Labute approximate surface area is 137 Å². The molecular formula is C17H24N6. The predicted molar refractivity (Wildman–Crippen MR) is 90.1 cm³/mol. The van der Waals surface area contributed by atoms with Crippen molar-refractivity contribution < 1.29 is 0 Å². The first kappa shape index (κ1) is 14.6. The second-order valence-corrected chi connectivity index (χ2v) is 6.68. The van der Waals surface area contributed by atoms with Crippen molar-refractivity contribution in [3.8, 4) is 5.82 Å². The fourth-order valence-corrected chi connectivity index (χ4v) is 3.55. The van der Waals surface area contributed by atoms with Crippen LogP contribution in [0.15, 0.2) is 18.5 Å². The van der Waals surface area contributed by atoms with Crippen LogP contribution in [0.1, 0.15) is 30.7 Å². The summed E-state index contributed by atoms with van der Waals surface area (Å²) in [4.78, 5) is 13.9. The Kier molecular flexibility index (Phi) is 3.77. The Bertz CT molecular complexity index is 682. The summed E-state index contributed by atoms with van der Waals surface area (Å²) in [5.41, 5.74) is 2.11. The normalized spacial score (nSPS) is 19.8. The van der Waals surface area contributed by atoms with E-state index in [2.05, 4.69) is 43.9 Å². The molecule has 23 heavy (non-hydrogen) atoms. The van der Waals surface area contributed by atoms with E-state index in [0.29, 0.717) is 0 Å². The SMILES string of the molecule is Cc1cc(C)n(-c2cc(N3CCN(C4CCC4)CC3)ncn2)n1. The minimum atomic E-state index is 0.841. The number of piperazine rings is 1. The van der Waals surface area contributed by atoms with E-state index < -0.39 is 0 Å². The largest absolute Gasteiger partial charge is 0.354 e. The van der Waals surface area contributed by atoms with Gasteiger partial charge in [-0.2, -0.15) is 5.10 Å². The maximum Gasteiger partial charge on any atom is 0.159 e. The minimum absolute atomic E-state index is 0.841. The van der Waals surface area contributed by atoms with Crippen LogP contribution in [0.5, 0.6) is 0 Å². The molecule has 0 N–H and O–H groups in total. The molecule has 0 bridgehead atoms. The lowest BCUT2D eigenvalue weighted by atomic mass is 9.91. The zero-order valence-corrected chi connectivity index (χ0v) is 13.9. The highest BCUT2D eigenvalue weighted by Crippen LogP contribution is 2.26. The molecule has 1 saturated heterocycles. The Morgan fingerprint density at radius 3 is 2.30 bits per heavy atom.